The number of aromatic nitrogens is 2. The van der Waals surface area contributed by atoms with Crippen LogP contribution in [0.3, 0.4) is 0 Å². The number of allylic oxidation sites excluding steroid dienone is 2. The zero-order valence-electron chi connectivity index (χ0n) is 18.2. The average molecular weight is 416 g/mol. The molecule has 7 nitrogen and oxygen atoms in total. The van der Waals surface area contributed by atoms with Gasteiger partial charge in [0.25, 0.3) is 5.91 Å². The van der Waals surface area contributed by atoms with Crippen molar-refractivity contribution in [1.82, 2.24) is 14.9 Å². The van der Waals surface area contributed by atoms with Crippen molar-refractivity contribution in [2.24, 2.45) is 4.99 Å². The molecule has 0 aromatic carbocycles. The molecule has 0 saturated heterocycles. The van der Waals surface area contributed by atoms with Gasteiger partial charge in [-0.2, -0.15) is 0 Å². The lowest BCUT2D eigenvalue weighted by molar-refractivity contribution is 0.0952. The van der Waals surface area contributed by atoms with Gasteiger partial charge in [-0.3, -0.25) is 9.79 Å². The van der Waals surface area contributed by atoms with Crippen molar-refractivity contribution in [2.45, 2.75) is 33.6 Å². The fraction of sp³-hybridized carbons (Fsp3) is 0.409. The normalized spacial score (nSPS) is 12.9. The highest BCUT2D eigenvalue weighted by molar-refractivity contribution is 6.06. The van der Waals surface area contributed by atoms with Gasteiger partial charge in [-0.05, 0) is 20.3 Å². The van der Waals surface area contributed by atoms with Crippen LogP contribution >= 0.6 is 0 Å². The molecule has 0 spiro atoms. The van der Waals surface area contributed by atoms with Crippen LogP contribution in [0.1, 0.15) is 44.0 Å². The van der Waals surface area contributed by atoms with Crippen molar-refractivity contribution in [3.05, 3.63) is 41.1 Å². The van der Waals surface area contributed by atoms with E-state index in [1.54, 1.807) is 37.2 Å². The number of carbonyl (C=O) groups excluding carboxylic acids is 1. The van der Waals surface area contributed by atoms with Crippen LogP contribution in [0, 0.1) is 0 Å². The second-order valence-corrected chi connectivity index (χ2v) is 6.64. The zero-order valence-corrected chi connectivity index (χ0v) is 18.2. The monoisotopic (exact) mass is 416 g/mol. The molecular formula is C22H29FN4O3. The lowest BCUT2D eigenvalue weighted by Crippen LogP contribution is -2.25. The number of fused-ring (bicyclic) bond motifs is 1. The van der Waals surface area contributed by atoms with Crippen molar-refractivity contribution < 1.29 is 18.7 Å². The summed E-state index contributed by atoms with van der Waals surface area (Å²) in [7, 11) is 3.16. The van der Waals surface area contributed by atoms with Crippen molar-refractivity contribution >= 4 is 29.4 Å². The van der Waals surface area contributed by atoms with Crippen molar-refractivity contribution in [2.75, 3.05) is 27.4 Å². The number of halogens is 1. The Labute approximate surface area is 176 Å². The second-order valence-electron chi connectivity index (χ2n) is 6.64. The molecule has 2 heterocycles. The molecule has 1 amide bonds. The van der Waals surface area contributed by atoms with Crippen molar-refractivity contribution in [3.8, 4) is 5.75 Å². The number of methoxy groups -OCH3 is 2. The van der Waals surface area contributed by atoms with Crippen molar-refractivity contribution in [3.63, 3.8) is 0 Å². The SMILES string of the molecule is CCCC=NC(=C\n1cc(C(=O)NCCF)c2ncc(OC)cc21)/C(C)=C(\C)OC. The number of hydrogen-bond acceptors (Lipinski definition) is 5. The molecule has 0 fully saturated rings. The molecule has 2 rings (SSSR count). The Morgan fingerprint density at radius 1 is 1.37 bits per heavy atom. The van der Waals surface area contributed by atoms with Gasteiger partial charge in [-0.15, -0.1) is 0 Å². The number of nitrogens with zero attached hydrogens (tertiary/aromatic N) is 3. The molecule has 0 aliphatic heterocycles. The predicted octanol–water partition coefficient (Wildman–Crippen LogP) is 4.35. The van der Waals surface area contributed by atoms with E-state index in [2.05, 4.69) is 22.2 Å². The number of alkyl halides is 1. The summed E-state index contributed by atoms with van der Waals surface area (Å²) in [5, 5.41) is 2.55. The smallest absolute Gasteiger partial charge is 0.255 e. The van der Waals surface area contributed by atoms with E-state index >= 15 is 0 Å². The molecule has 0 aliphatic rings. The zero-order chi connectivity index (χ0) is 22.1. The Bertz CT molecular complexity index is 976. The van der Waals surface area contributed by atoms with Crippen LogP contribution < -0.4 is 10.1 Å². The van der Waals surface area contributed by atoms with Gasteiger partial charge in [-0.25, -0.2) is 9.37 Å². The summed E-state index contributed by atoms with van der Waals surface area (Å²) >= 11 is 0. The summed E-state index contributed by atoms with van der Waals surface area (Å²) < 4.78 is 25.0. The van der Waals surface area contributed by atoms with E-state index < -0.39 is 6.67 Å². The molecule has 0 atom stereocenters. The summed E-state index contributed by atoms with van der Waals surface area (Å²) in [5.74, 6) is 0.907. The largest absolute Gasteiger partial charge is 0.501 e. The molecule has 0 radical (unpaired) electrons. The number of unbranched alkanes of at least 4 members (excludes halogenated alkanes) is 1. The van der Waals surface area contributed by atoms with Gasteiger partial charge in [0.05, 0.1) is 43.0 Å². The van der Waals surface area contributed by atoms with Crippen LogP contribution in [-0.4, -0.2) is 49.1 Å². The molecule has 0 unspecified atom stereocenters. The fourth-order valence-corrected chi connectivity index (χ4v) is 2.73. The first-order chi connectivity index (χ1) is 14.5. The van der Waals surface area contributed by atoms with Crippen LogP contribution in [0.5, 0.6) is 5.75 Å². The number of rotatable bonds is 10. The summed E-state index contributed by atoms with van der Waals surface area (Å²) in [6.07, 6.45) is 8.71. The standard InChI is InChI=1S/C22H29FN4O3/c1-6-7-9-24-19(15(2)16(3)29-4)14-27-13-18(22(28)25-10-8-23)21-20(27)11-17(30-5)12-26-21/h9,11-14H,6-8,10H2,1-5H3,(H,25,28)/b16-15+,19-14-,24-9?. The molecule has 1 N–H and O–H groups in total. The minimum Gasteiger partial charge on any atom is -0.501 e. The summed E-state index contributed by atoms with van der Waals surface area (Å²) in [5.41, 5.74) is 3.07. The first-order valence-corrected chi connectivity index (χ1v) is 9.81. The average Bonchev–Trinajstić information content (AvgIpc) is 3.13. The lowest BCUT2D eigenvalue weighted by atomic mass is 10.2. The van der Waals surface area contributed by atoms with E-state index in [9.17, 15) is 9.18 Å². The van der Waals surface area contributed by atoms with Crippen molar-refractivity contribution in [1.29, 1.82) is 0 Å². The third kappa shape index (κ3) is 5.46. The molecule has 0 bridgehead atoms. The van der Waals surface area contributed by atoms with E-state index in [-0.39, 0.29) is 12.5 Å². The van der Waals surface area contributed by atoms with Crippen LogP contribution in [0.15, 0.2) is 40.5 Å². The van der Waals surface area contributed by atoms with E-state index in [0.29, 0.717) is 28.0 Å². The Balaban J connectivity index is 2.67. The number of amides is 1. The fourth-order valence-electron chi connectivity index (χ4n) is 2.73. The molecule has 2 aromatic heterocycles. The third-order valence-corrected chi connectivity index (χ3v) is 4.63. The quantitative estimate of drug-likeness (QED) is 0.355. The minimum absolute atomic E-state index is 0.0566. The number of nitrogens with one attached hydrogen (secondary N) is 1. The number of carbonyl (C=O) groups is 1. The minimum atomic E-state index is -0.637. The maximum Gasteiger partial charge on any atom is 0.255 e. The van der Waals surface area contributed by atoms with Gasteiger partial charge in [0.2, 0.25) is 0 Å². The van der Waals surface area contributed by atoms with Gasteiger partial charge < -0.3 is 19.4 Å². The van der Waals surface area contributed by atoms with E-state index in [1.807, 2.05) is 26.3 Å². The summed E-state index contributed by atoms with van der Waals surface area (Å²) in [6.45, 7) is 5.18. The molecule has 0 aliphatic carbocycles. The number of aliphatic imine (C=N–C) groups is 1. The molecule has 30 heavy (non-hydrogen) atoms. The van der Waals surface area contributed by atoms with Gasteiger partial charge in [0.1, 0.15) is 17.9 Å². The summed E-state index contributed by atoms with van der Waals surface area (Å²) in [4.78, 5) is 21.5. The molecular weight excluding hydrogens is 387 g/mol. The van der Waals surface area contributed by atoms with Crippen LogP contribution in [-0.2, 0) is 4.74 Å². The Morgan fingerprint density at radius 2 is 2.13 bits per heavy atom. The number of pyridine rings is 1. The molecule has 162 valence electrons. The van der Waals surface area contributed by atoms with Gasteiger partial charge in [0.15, 0.2) is 0 Å². The molecule has 8 heteroatoms. The highest BCUT2D eigenvalue weighted by Gasteiger charge is 2.17. The predicted molar refractivity (Wildman–Crippen MR) is 118 cm³/mol. The maximum atomic E-state index is 12.5. The number of hydrogen-bond donors (Lipinski definition) is 1. The lowest BCUT2D eigenvalue weighted by Gasteiger charge is -2.09. The first-order valence-electron chi connectivity index (χ1n) is 9.81. The van der Waals surface area contributed by atoms with Gasteiger partial charge in [0, 0.05) is 36.8 Å². The van der Waals surface area contributed by atoms with E-state index in [0.717, 1.165) is 24.2 Å². The van der Waals surface area contributed by atoms with Crippen LogP contribution in [0.4, 0.5) is 4.39 Å². The highest BCUT2D eigenvalue weighted by Crippen LogP contribution is 2.26. The molecule has 2 aromatic rings. The highest BCUT2D eigenvalue weighted by atomic mass is 19.1. The Kier molecular flexibility index (Phi) is 8.58. The maximum absolute atomic E-state index is 12.5. The van der Waals surface area contributed by atoms with Gasteiger partial charge in [-0.1, -0.05) is 13.3 Å². The Morgan fingerprint density at radius 3 is 2.77 bits per heavy atom. The topological polar surface area (TPSA) is 77.7 Å². The Hall–Kier alpha value is -3.16. The third-order valence-electron chi connectivity index (χ3n) is 4.63. The van der Waals surface area contributed by atoms with E-state index in [4.69, 9.17) is 9.47 Å². The first kappa shape index (κ1) is 23.1. The van der Waals surface area contributed by atoms with E-state index in [1.165, 1.54) is 0 Å². The number of ether oxygens (including phenoxy) is 2. The van der Waals surface area contributed by atoms with Gasteiger partial charge >= 0.3 is 0 Å². The van der Waals surface area contributed by atoms with Crippen LogP contribution in [0.25, 0.3) is 17.2 Å². The van der Waals surface area contributed by atoms with Crippen LogP contribution in [0.2, 0.25) is 0 Å². The second kappa shape index (κ2) is 11.1. The summed E-state index contributed by atoms with van der Waals surface area (Å²) in [6, 6.07) is 1.79. The molecule has 0 saturated carbocycles.